The first-order valence-electron chi connectivity index (χ1n) is 4.63. The quantitative estimate of drug-likeness (QED) is 0.737. The van der Waals surface area contributed by atoms with Crippen LogP contribution >= 0.6 is 0 Å². The maximum Gasteiger partial charge on any atom is 0.257 e. The molecule has 0 unspecified atom stereocenters. The molecule has 1 amide bonds. The third-order valence-electron chi connectivity index (χ3n) is 2.24. The van der Waals surface area contributed by atoms with Gasteiger partial charge in [-0.25, -0.2) is 9.97 Å². The summed E-state index contributed by atoms with van der Waals surface area (Å²) in [5.74, 6) is 0.247. The molecule has 0 saturated heterocycles. The Morgan fingerprint density at radius 2 is 2.43 bits per heavy atom. The summed E-state index contributed by atoms with van der Waals surface area (Å²) in [7, 11) is 0. The van der Waals surface area contributed by atoms with E-state index in [2.05, 4.69) is 9.97 Å². The van der Waals surface area contributed by atoms with Gasteiger partial charge in [-0.3, -0.25) is 4.79 Å². The summed E-state index contributed by atoms with van der Waals surface area (Å²) in [5, 5.41) is 0. The van der Waals surface area contributed by atoms with Crippen molar-refractivity contribution in [1.29, 1.82) is 0 Å². The van der Waals surface area contributed by atoms with E-state index in [0.717, 1.165) is 18.7 Å². The Morgan fingerprint density at radius 3 is 3.14 bits per heavy atom. The van der Waals surface area contributed by atoms with Gasteiger partial charge in [0.05, 0.1) is 17.8 Å². The van der Waals surface area contributed by atoms with Gasteiger partial charge < -0.3 is 10.6 Å². The van der Waals surface area contributed by atoms with Crippen molar-refractivity contribution in [3.63, 3.8) is 0 Å². The van der Waals surface area contributed by atoms with Crippen LogP contribution in [0.25, 0.3) is 0 Å². The van der Waals surface area contributed by atoms with Crippen LogP contribution < -0.4 is 5.73 Å². The molecular weight excluding hydrogens is 180 g/mol. The van der Waals surface area contributed by atoms with Crippen LogP contribution in [0.3, 0.4) is 0 Å². The van der Waals surface area contributed by atoms with Gasteiger partial charge in [0.15, 0.2) is 0 Å². The summed E-state index contributed by atoms with van der Waals surface area (Å²) in [6, 6.07) is 0. The molecule has 1 aliphatic rings. The molecule has 2 heterocycles. The fourth-order valence-electron chi connectivity index (χ4n) is 1.61. The number of aromatic nitrogens is 2. The predicted molar refractivity (Wildman–Crippen MR) is 51.5 cm³/mol. The predicted octanol–water partition coefficient (Wildman–Crippen LogP) is 0.425. The number of fused-ring (bicyclic) bond motifs is 1. The number of rotatable bonds is 2. The highest BCUT2D eigenvalue weighted by atomic mass is 16.2. The number of nitrogens with two attached hydrogens (primary N) is 1. The second kappa shape index (κ2) is 3.25. The molecule has 74 valence electrons. The third kappa shape index (κ3) is 1.30. The van der Waals surface area contributed by atoms with Gasteiger partial charge in [-0.2, -0.15) is 0 Å². The van der Waals surface area contributed by atoms with Crippen LogP contribution in [-0.2, 0) is 6.54 Å². The molecule has 0 fully saturated rings. The number of hydrogen-bond donors (Lipinski definition) is 1. The van der Waals surface area contributed by atoms with E-state index in [1.807, 2.05) is 6.92 Å². The highest BCUT2D eigenvalue weighted by Crippen LogP contribution is 2.20. The summed E-state index contributed by atoms with van der Waals surface area (Å²) in [6.07, 6.45) is 2.46. The average molecular weight is 192 g/mol. The minimum absolute atomic E-state index is 0.0156. The molecule has 0 bridgehead atoms. The van der Waals surface area contributed by atoms with E-state index < -0.39 is 0 Å². The van der Waals surface area contributed by atoms with Crippen LogP contribution in [-0.4, -0.2) is 27.3 Å². The van der Waals surface area contributed by atoms with Gasteiger partial charge in [0.1, 0.15) is 0 Å². The van der Waals surface area contributed by atoms with E-state index in [9.17, 15) is 4.79 Å². The van der Waals surface area contributed by atoms with Crippen LogP contribution in [0.5, 0.6) is 0 Å². The Kier molecular flexibility index (Phi) is 2.07. The van der Waals surface area contributed by atoms with Crippen molar-refractivity contribution in [2.24, 2.45) is 0 Å². The van der Waals surface area contributed by atoms with Crippen molar-refractivity contribution < 1.29 is 4.79 Å². The summed E-state index contributed by atoms with van der Waals surface area (Å²) in [4.78, 5) is 21.3. The summed E-state index contributed by atoms with van der Waals surface area (Å²) < 4.78 is 0. The van der Waals surface area contributed by atoms with Crippen LogP contribution in [0, 0.1) is 0 Å². The molecule has 1 aliphatic heterocycles. The lowest BCUT2D eigenvalue weighted by Crippen LogP contribution is -2.24. The SMILES string of the molecule is CCCN1Cc2nc(N)ncc2C1=O. The van der Waals surface area contributed by atoms with Crippen molar-refractivity contribution >= 4 is 11.9 Å². The first-order valence-corrected chi connectivity index (χ1v) is 4.63. The molecule has 14 heavy (non-hydrogen) atoms. The molecule has 2 N–H and O–H groups in total. The average Bonchev–Trinajstić information content (AvgIpc) is 2.44. The van der Waals surface area contributed by atoms with Crippen molar-refractivity contribution in [3.8, 4) is 0 Å². The number of hydrogen-bond acceptors (Lipinski definition) is 4. The third-order valence-corrected chi connectivity index (χ3v) is 2.24. The van der Waals surface area contributed by atoms with Crippen molar-refractivity contribution in [2.45, 2.75) is 19.9 Å². The zero-order valence-corrected chi connectivity index (χ0v) is 8.03. The van der Waals surface area contributed by atoms with Gasteiger partial charge in [-0.1, -0.05) is 6.92 Å². The summed E-state index contributed by atoms with van der Waals surface area (Å²) in [5.41, 5.74) is 6.78. The van der Waals surface area contributed by atoms with E-state index in [-0.39, 0.29) is 11.9 Å². The number of carbonyl (C=O) groups is 1. The Balaban J connectivity index is 2.31. The molecule has 0 aliphatic carbocycles. The van der Waals surface area contributed by atoms with E-state index in [4.69, 9.17) is 5.73 Å². The summed E-state index contributed by atoms with van der Waals surface area (Å²) in [6.45, 7) is 3.36. The lowest BCUT2D eigenvalue weighted by molar-refractivity contribution is 0.0778. The normalized spacial score (nSPS) is 14.6. The first kappa shape index (κ1) is 8.93. The molecule has 1 aromatic heterocycles. The topological polar surface area (TPSA) is 72.1 Å². The van der Waals surface area contributed by atoms with Gasteiger partial charge in [0.25, 0.3) is 5.91 Å². The number of carbonyl (C=O) groups excluding carboxylic acids is 1. The van der Waals surface area contributed by atoms with Gasteiger partial charge >= 0.3 is 0 Å². The van der Waals surface area contributed by atoms with E-state index in [1.165, 1.54) is 6.20 Å². The zero-order chi connectivity index (χ0) is 10.1. The molecule has 0 atom stereocenters. The Morgan fingerprint density at radius 1 is 1.64 bits per heavy atom. The smallest absolute Gasteiger partial charge is 0.257 e. The fraction of sp³-hybridized carbons (Fsp3) is 0.444. The molecule has 0 aromatic carbocycles. The van der Waals surface area contributed by atoms with Crippen LogP contribution in [0.4, 0.5) is 5.95 Å². The van der Waals surface area contributed by atoms with Crippen molar-refractivity contribution in [1.82, 2.24) is 14.9 Å². The van der Waals surface area contributed by atoms with E-state index in [1.54, 1.807) is 4.90 Å². The number of nitrogen functional groups attached to an aromatic ring is 1. The number of nitrogens with zero attached hydrogens (tertiary/aromatic N) is 3. The molecule has 0 saturated carbocycles. The number of anilines is 1. The highest BCUT2D eigenvalue weighted by Gasteiger charge is 2.28. The van der Waals surface area contributed by atoms with E-state index in [0.29, 0.717) is 12.1 Å². The van der Waals surface area contributed by atoms with Gasteiger partial charge in [-0.05, 0) is 6.42 Å². The molecule has 5 nitrogen and oxygen atoms in total. The maximum absolute atomic E-state index is 11.7. The standard InChI is InChI=1S/C9H12N4O/c1-2-3-13-5-7-6(8(13)14)4-11-9(10)12-7/h4H,2-3,5H2,1H3,(H2,10,11,12). The second-order valence-electron chi connectivity index (χ2n) is 3.32. The minimum atomic E-state index is 0.0156. The second-order valence-corrected chi connectivity index (χ2v) is 3.32. The van der Waals surface area contributed by atoms with Crippen LogP contribution in [0.1, 0.15) is 29.4 Å². The Labute approximate surface area is 82.0 Å². The maximum atomic E-state index is 11.7. The molecule has 0 radical (unpaired) electrons. The molecule has 1 aromatic rings. The first-order chi connectivity index (χ1) is 6.72. The van der Waals surface area contributed by atoms with Crippen molar-refractivity contribution in [3.05, 3.63) is 17.5 Å². The monoisotopic (exact) mass is 192 g/mol. The van der Waals surface area contributed by atoms with Crippen LogP contribution in [0.15, 0.2) is 6.20 Å². The summed E-state index contributed by atoms with van der Waals surface area (Å²) >= 11 is 0. The number of amides is 1. The highest BCUT2D eigenvalue weighted by molar-refractivity contribution is 5.97. The molecule has 0 spiro atoms. The Hall–Kier alpha value is -1.65. The largest absolute Gasteiger partial charge is 0.368 e. The lowest BCUT2D eigenvalue weighted by atomic mass is 10.3. The Bertz CT molecular complexity index is 377. The molecular formula is C9H12N4O. The molecule has 2 rings (SSSR count). The molecule has 5 heteroatoms. The van der Waals surface area contributed by atoms with Gasteiger partial charge in [-0.15, -0.1) is 0 Å². The van der Waals surface area contributed by atoms with E-state index >= 15 is 0 Å². The van der Waals surface area contributed by atoms with Gasteiger partial charge in [0.2, 0.25) is 5.95 Å². The van der Waals surface area contributed by atoms with Crippen LogP contribution in [0.2, 0.25) is 0 Å². The van der Waals surface area contributed by atoms with Crippen molar-refractivity contribution in [2.75, 3.05) is 12.3 Å². The fourth-order valence-corrected chi connectivity index (χ4v) is 1.61. The zero-order valence-electron chi connectivity index (χ0n) is 8.03. The lowest BCUT2D eigenvalue weighted by Gasteiger charge is -2.12. The van der Waals surface area contributed by atoms with Gasteiger partial charge in [0, 0.05) is 12.7 Å². The minimum Gasteiger partial charge on any atom is -0.368 e.